The molecule has 1 atom stereocenters. The zero-order chi connectivity index (χ0) is 23.3. The molecular weight excluding hydrogens is 410 g/mol. The fourth-order valence-corrected chi connectivity index (χ4v) is 3.79. The van der Waals surface area contributed by atoms with E-state index < -0.39 is 17.7 Å². The molecule has 1 N–H and O–H groups in total. The van der Waals surface area contributed by atoms with Crippen LogP contribution in [0.2, 0.25) is 0 Å². The maximum absolute atomic E-state index is 13.1. The van der Waals surface area contributed by atoms with Gasteiger partial charge in [-0.1, -0.05) is 24.3 Å². The van der Waals surface area contributed by atoms with Crippen molar-refractivity contribution in [2.45, 2.75) is 32.4 Å². The number of amides is 1. The number of hydrogen-bond donors (Lipinski definition) is 1. The predicted octanol–water partition coefficient (Wildman–Crippen LogP) is 3.94. The van der Waals surface area contributed by atoms with E-state index in [0.717, 1.165) is 0 Å². The van der Waals surface area contributed by atoms with Crippen LogP contribution in [0.1, 0.15) is 37.4 Å². The quantitative estimate of drug-likeness (QED) is 0.276. The van der Waals surface area contributed by atoms with Crippen molar-refractivity contribution < 1.29 is 28.9 Å². The van der Waals surface area contributed by atoms with Gasteiger partial charge < -0.3 is 24.2 Å². The summed E-state index contributed by atoms with van der Waals surface area (Å²) < 4.78 is 16.2. The van der Waals surface area contributed by atoms with Crippen LogP contribution in [-0.4, -0.2) is 55.2 Å². The number of benzene rings is 2. The van der Waals surface area contributed by atoms with E-state index in [1.165, 1.54) is 4.90 Å². The van der Waals surface area contributed by atoms with Crippen molar-refractivity contribution >= 4 is 17.4 Å². The summed E-state index contributed by atoms with van der Waals surface area (Å²) in [6.07, 6.45) is 0.511. The topological polar surface area (TPSA) is 85.3 Å². The Morgan fingerprint density at radius 2 is 1.78 bits per heavy atom. The van der Waals surface area contributed by atoms with E-state index in [0.29, 0.717) is 42.2 Å². The van der Waals surface area contributed by atoms with Crippen molar-refractivity contribution in [1.82, 2.24) is 4.90 Å². The Kier molecular flexibility index (Phi) is 7.53. The summed E-state index contributed by atoms with van der Waals surface area (Å²) >= 11 is 0. The molecule has 1 aliphatic heterocycles. The summed E-state index contributed by atoms with van der Waals surface area (Å²) in [5, 5.41) is 11.2. The molecular formula is C25H29NO6. The number of ether oxygens (including phenoxy) is 3. The number of Topliss-reactive ketones (excluding diaryl/α,β-unsaturated/α-hetero) is 1. The summed E-state index contributed by atoms with van der Waals surface area (Å²) in [5.41, 5.74) is 1.13. The van der Waals surface area contributed by atoms with Crippen LogP contribution in [0, 0.1) is 0 Å². The Morgan fingerprint density at radius 1 is 1.06 bits per heavy atom. The number of rotatable bonds is 9. The van der Waals surface area contributed by atoms with Gasteiger partial charge in [0.2, 0.25) is 0 Å². The summed E-state index contributed by atoms with van der Waals surface area (Å²) in [7, 11) is 3.13. The highest BCUT2D eigenvalue weighted by Gasteiger charge is 2.45. The van der Waals surface area contributed by atoms with Gasteiger partial charge in [0.15, 0.2) is 0 Å². The van der Waals surface area contributed by atoms with Gasteiger partial charge in [0.25, 0.3) is 11.7 Å². The average Bonchev–Trinajstić information content (AvgIpc) is 3.03. The minimum Gasteiger partial charge on any atom is -0.507 e. The van der Waals surface area contributed by atoms with Crippen LogP contribution in [0.4, 0.5) is 0 Å². The van der Waals surface area contributed by atoms with Gasteiger partial charge in [0.1, 0.15) is 17.3 Å². The monoisotopic (exact) mass is 439 g/mol. The fourth-order valence-electron chi connectivity index (χ4n) is 3.79. The zero-order valence-corrected chi connectivity index (χ0v) is 18.8. The van der Waals surface area contributed by atoms with E-state index in [4.69, 9.17) is 14.2 Å². The van der Waals surface area contributed by atoms with E-state index in [1.807, 2.05) is 19.9 Å². The Labute approximate surface area is 188 Å². The molecule has 0 bridgehead atoms. The number of carbonyl (C=O) groups is 2. The van der Waals surface area contributed by atoms with Crippen molar-refractivity contribution in [2.75, 3.05) is 27.4 Å². The second kappa shape index (κ2) is 10.3. The molecule has 0 aromatic heterocycles. The van der Waals surface area contributed by atoms with Gasteiger partial charge in [-0.25, -0.2) is 0 Å². The molecule has 1 heterocycles. The molecule has 0 aliphatic carbocycles. The normalized spacial score (nSPS) is 17.8. The third-order valence-corrected chi connectivity index (χ3v) is 5.18. The molecule has 1 fully saturated rings. The van der Waals surface area contributed by atoms with Gasteiger partial charge in [0.05, 0.1) is 24.8 Å². The molecule has 170 valence electrons. The molecule has 7 heteroatoms. The van der Waals surface area contributed by atoms with E-state index in [9.17, 15) is 14.7 Å². The highest BCUT2D eigenvalue weighted by atomic mass is 16.5. The van der Waals surface area contributed by atoms with Crippen LogP contribution in [0.15, 0.2) is 54.1 Å². The summed E-state index contributed by atoms with van der Waals surface area (Å²) in [4.78, 5) is 27.5. The molecule has 2 aromatic rings. The standard InChI is InChI=1S/C25H29NO6/c1-16(2)32-20-11-6-9-18(15-20)23(27)21-22(17-8-5-10-19(14-17)31-4)26(12-7-13-30-3)25(29)24(21)28/h5-6,8-11,14-16,22,27H,7,12-13H2,1-4H3/b23-21-. The molecule has 2 aromatic carbocycles. The minimum absolute atomic E-state index is 0.0439. The molecule has 7 nitrogen and oxygen atoms in total. The van der Waals surface area contributed by atoms with Gasteiger partial charge in [-0.15, -0.1) is 0 Å². The predicted molar refractivity (Wildman–Crippen MR) is 121 cm³/mol. The second-order valence-corrected chi connectivity index (χ2v) is 7.81. The van der Waals surface area contributed by atoms with E-state index >= 15 is 0 Å². The van der Waals surface area contributed by atoms with Gasteiger partial charge >= 0.3 is 0 Å². The molecule has 1 amide bonds. The molecule has 32 heavy (non-hydrogen) atoms. The molecule has 3 rings (SSSR count). The van der Waals surface area contributed by atoms with Gasteiger partial charge in [-0.2, -0.15) is 0 Å². The number of ketones is 1. The van der Waals surface area contributed by atoms with Gasteiger partial charge in [0, 0.05) is 25.8 Å². The molecule has 0 saturated carbocycles. The van der Waals surface area contributed by atoms with Crippen molar-refractivity contribution in [1.29, 1.82) is 0 Å². The van der Waals surface area contributed by atoms with Crippen LogP contribution in [0.25, 0.3) is 5.76 Å². The smallest absolute Gasteiger partial charge is 0.295 e. The first-order valence-corrected chi connectivity index (χ1v) is 10.6. The lowest BCUT2D eigenvalue weighted by molar-refractivity contribution is -0.140. The van der Waals surface area contributed by atoms with Crippen LogP contribution in [-0.2, 0) is 14.3 Å². The van der Waals surface area contributed by atoms with Crippen LogP contribution < -0.4 is 9.47 Å². The molecule has 0 radical (unpaired) electrons. The number of nitrogens with zero attached hydrogens (tertiary/aromatic N) is 1. The Bertz CT molecular complexity index is 1010. The lowest BCUT2D eigenvalue weighted by Crippen LogP contribution is -2.31. The average molecular weight is 440 g/mol. The number of carbonyl (C=O) groups excluding carboxylic acids is 2. The van der Waals surface area contributed by atoms with Crippen molar-refractivity contribution in [3.63, 3.8) is 0 Å². The van der Waals surface area contributed by atoms with Crippen LogP contribution in [0.5, 0.6) is 11.5 Å². The van der Waals surface area contributed by atoms with Gasteiger partial charge in [-0.05, 0) is 50.1 Å². The SMILES string of the molecule is COCCCN1C(=O)C(=O)/C(=C(\O)c2cccc(OC(C)C)c2)C1c1cccc(OC)c1. The first-order chi connectivity index (χ1) is 15.4. The maximum atomic E-state index is 13.1. The van der Waals surface area contributed by atoms with Gasteiger partial charge in [-0.3, -0.25) is 9.59 Å². The van der Waals surface area contributed by atoms with Crippen molar-refractivity contribution in [3.05, 3.63) is 65.2 Å². The second-order valence-electron chi connectivity index (χ2n) is 7.81. The number of aliphatic hydroxyl groups is 1. The first kappa shape index (κ1) is 23.3. The Morgan fingerprint density at radius 3 is 2.47 bits per heavy atom. The number of methoxy groups -OCH3 is 2. The van der Waals surface area contributed by atoms with Crippen molar-refractivity contribution in [2.24, 2.45) is 0 Å². The Balaban J connectivity index is 2.11. The van der Waals surface area contributed by atoms with Crippen LogP contribution >= 0.6 is 0 Å². The van der Waals surface area contributed by atoms with E-state index in [2.05, 4.69) is 0 Å². The molecule has 1 unspecified atom stereocenters. The van der Waals surface area contributed by atoms with Crippen molar-refractivity contribution in [3.8, 4) is 11.5 Å². The maximum Gasteiger partial charge on any atom is 0.295 e. The Hall–Kier alpha value is -3.32. The summed E-state index contributed by atoms with van der Waals surface area (Å²) in [5.74, 6) is -0.443. The lowest BCUT2D eigenvalue weighted by atomic mass is 9.95. The van der Waals surface area contributed by atoms with E-state index in [1.54, 1.807) is 56.7 Å². The number of aliphatic hydroxyl groups excluding tert-OH is 1. The number of hydrogen-bond acceptors (Lipinski definition) is 6. The molecule has 0 spiro atoms. The first-order valence-electron chi connectivity index (χ1n) is 10.6. The highest BCUT2D eigenvalue weighted by Crippen LogP contribution is 2.40. The number of likely N-dealkylation sites (tertiary alicyclic amines) is 1. The minimum atomic E-state index is -0.739. The molecule has 1 saturated heterocycles. The summed E-state index contributed by atoms with van der Waals surface area (Å²) in [6.45, 7) is 4.57. The third kappa shape index (κ3) is 4.94. The lowest BCUT2D eigenvalue weighted by Gasteiger charge is -2.25. The summed E-state index contributed by atoms with van der Waals surface area (Å²) in [6, 6.07) is 13.3. The molecule has 1 aliphatic rings. The highest BCUT2D eigenvalue weighted by molar-refractivity contribution is 6.46. The van der Waals surface area contributed by atoms with E-state index in [-0.39, 0.29) is 17.4 Å². The largest absolute Gasteiger partial charge is 0.507 e. The van der Waals surface area contributed by atoms with Crippen LogP contribution in [0.3, 0.4) is 0 Å². The zero-order valence-electron chi connectivity index (χ0n) is 18.8. The third-order valence-electron chi connectivity index (χ3n) is 5.18. The fraction of sp³-hybridized carbons (Fsp3) is 0.360.